The molecule has 0 spiro atoms. The van der Waals surface area contributed by atoms with Crippen LogP contribution in [0.4, 0.5) is 0 Å². The summed E-state index contributed by atoms with van der Waals surface area (Å²) >= 11 is 0. The molecule has 0 aromatic rings. The van der Waals surface area contributed by atoms with Gasteiger partial charge in [-0.15, -0.1) is 0 Å². The highest BCUT2D eigenvalue weighted by Gasteiger charge is 2.40. The Bertz CT molecular complexity index is 273. The number of nitrogens with one attached hydrogen (secondary N) is 1. The van der Waals surface area contributed by atoms with Gasteiger partial charge in [0.1, 0.15) is 0 Å². The van der Waals surface area contributed by atoms with Crippen LogP contribution in [0.15, 0.2) is 0 Å². The summed E-state index contributed by atoms with van der Waals surface area (Å²) < 4.78 is 0. The third kappa shape index (κ3) is 2.92. The second-order valence-electron chi connectivity index (χ2n) is 7.81. The van der Waals surface area contributed by atoms with Crippen molar-refractivity contribution in [3.05, 3.63) is 0 Å². The lowest BCUT2D eigenvalue weighted by Gasteiger charge is -2.35. The zero-order valence-electron chi connectivity index (χ0n) is 12.3. The summed E-state index contributed by atoms with van der Waals surface area (Å²) in [6.45, 7) is 4.76. The Labute approximate surface area is 113 Å². The number of hydrogen-bond donors (Lipinski definition) is 1. The van der Waals surface area contributed by atoms with Gasteiger partial charge >= 0.3 is 0 Å². The maximum atomic E-state index is 4.05. The molecule has 0 radical (unpaired) electrons. The molecule has 3 rings (SSSR count). The average Bonchev–Trinajstić information content (AvgIpc) is 2.90. The van der Waals surface area contributed by atoms with E-state index in [1.165, 1.54) is 51.4 Å². The minimum Gasteiger partial charge on any atom is -0.311 e. The van der Waals surface area contributed by atoms with Crippen LogP contribution in [0.2, 0.25) is 0 Å². The van der Waals surface area contributed by atoms with Crippen molar-refractivity contribution in [3.63, 3.8) is 0 Å². The van der Waals surface area contributed by atoms with Crippen molar-refractivity contribution in [3.8, 4) is 0 Å². The molecule has 0 saturated heterocycles. The second-order valence-corrected chi connectivity index (χ2v) is 7.81. The molecule has 18 heavy (non-hydrogen) atoms. The average molecular weight is 249 g/mol. The Morgan fingerprint density at radius 3 is 2.56 bits per heavy atom. The van der Waals surface area contributed by atoms with E-state index >= 15 is 0 Å². The second kappa shape index (κ2) is 5.53. The molecule has 0 amide bonds. The lowest BCUT2D eigenvalue weighted by molar-refractivity contribution is 0.219. The highest BCUT2D eigenvalue weighted by Crippen LogP contribution is 2.45. The predicted molar refractivity (Wildman–Crippen MR) is 77.6 cm³/mol. The Morgan fingerprint density at radius 1 is 1.00 bits per heavy atom. The van der Waals surface area contributed by atoms with Gasteiger partial charge in [0.25, 0.3) is 0 Å². The molecule has 0 aliphatic heterocycles. The van der Waals surface area contributed by atoms with E-state index in [0.29, 0.717) is 0 Å². The van der Waals surface area contributed by atoms with Gasteiger partial charge in [-0.3, -0.25) is 0 Å². The van der Waals surface area contributed by atoms with Crippen LogP contribution in [0.3, 0.4) is 0 Å². The SMILES string of the molecule is CC(C)CC1CCCC(NC2CC3CCC2C3)C1. The molecule has 2 bridgehead atoms. The molecule has 0 heterocycles. The van der Waals surface area contributed by atoms with E-state index in [1.54, 1.807) is 6.42 Å². The first-order chi connectivity index (χ1) is 8.70. The van der Waals surface area contributed by atoms with Gasteiger partial charge in [-0.05, 0) is 62.2 Å². The third-order valence-electron chi connectivity index (χ3n) is 5.78. The summed E-state index contributed by atoms with van der Waals surface area (Å²) in [6, 6.07) is 1.75. The molecule has 3 aliphatic carbocycles. The standard InChI is InChI=1S/C17H31N/c1-12(2)8-13-4-3-5-16(10-13)18-17-11-14-6-7-15(17)9-14/h12-18H,3-11H2,1-2H3. The number of hydrogen-bond acceptors (Lipinski definition) is 1. The summed E-state index contributed by atoms with van der Waals surface area (Å²) in [5.74, 6) is 4.02. The van der Waals surface area contributed by atoms with Crippen molar-refractivity contribution in [2.75, 3.05) is 0 Å². The summed E-state index contributed by atoms with van der Waals surface area (Å²) in [5.41, 5.74) is 0. The van der Waals surface area contributed by atoms with Gasteiger partial charge in [0, 0.05) is 12.1 Å². The smallest absolute Gasteiger partial charge is 0.0101 e. The molecule has 3 fully saturated rings. The van der Waals surface area contributed by atoms with E-state index in [-0.39, 0.29) is 0 Å². The predicted octanol–water partition coefficient (Wildman–Crippen LogP) is 4.37. The maximum Gasteiger partial charge on any atom is 0.0101 e. The van der Waals surface area contributed by atoms with Crippen LogP contribution in [-0.4, -0.2) is 12.1 Å². The van der Waals surface area contributed by atoms with E-state index in [1.807, 2.05) is 0 Å². The fourth-order valence-corrected chi connectivity index (χ4v) is 5.07. The minimum atomic E-state index is 0.854. The first kappa shape index (κ1) is 13.0. The first-order valence-corrected chi connectivity index (χ1v) is 8.46. The summed E-state index contributed by atoms with van der Waals surface area (Å²) in [4.78, 5) is 0. The van der Waals surface area contributed by atoms with Crippen LogP contribution in [0.5, 0.6) is 0 Å². The summed E-state index contributed by atoms with van der Waals surface area (Å²) in [7, 11) is 0. The molecule has 1 nitrogen and oxygen atoms in total. The quantitative estimate of drug-likeness (QED) is 0.780. The van der Waals surface area contributed by atoms with Gasteiger partial charge in [0.05, 0.1) is 0 Å². The molecular formula is C17H31N. The van der Waals surface area contributed by atoms with Crippen molar-refractivity contribution < 1.29 is 0 Å². The molecule has 5 atom stereocenters. The van der Waals surface area contributed by atoms with Crippen molar-refractivity contribution in [1.82, 2.24) is 5.32 Å². The zero-order valence-corrected chi connectivity index (χ0v) is 12.3. The molecule has 1 N–H and O–H groups in total. The largest absolute Gasteiger partial charge is 0.311 e. The molecule has 0 aromatic carbocycles. The maximum absolute atomic E-state index is 4.05. The molecule has 3 aliphatic rings. The molecule has 0 aromatic heterocycles. The van der Waals surface area contributed by atoms with E-state index < -0.39 is 0 Å². The molecular weight excluding hydrogens is 218 g/mol. The van der Waals surface area contributed by atoms with Crippen LogP contribution in [-0.2, 0) is 0 Å². The third-order valence-corrected chi connectivity index (χ3v) is 5.78. The topological polar surface area (TPSA) is 12.0 Å². The summed E-state index contributed by atoms with van der Waals surface area (Å²) in [5, 5.41) is 4.05. The van der Waals surface area contributed by atoms with Gasteiger partial charge in [-0.1, -0.05) is 33.1 Å². The normalized spacial score (nSPS) is 43.8. The lowest BCUT2D eigenvalue weighted by atomic mass is 9.80. The highest BCUT2D eigenvalue weighted by atomic mass is 15.0. The first-order valence-electron chi connectivity index (χ1n) is 8.46. The van der Waals surface area contributed by atoms with Crippen molar-refractivity contribution in [1.29, 1.82) is 0 Å². The Kier molecular flexibility index (Phi) is 3.98. The molecule has 1 heteroatoms. The zero-order chi connectivity index (χ0) is 12.5. The van der Waals surface area contributed by atoms with Gasteiger partial charge < -0.3 is 5.32 Å². The minimum absolute atomic E-state index is 0.854. The van der Waals surface area contributed by atoms with Crippen LogP contribution in [0.25, 0.3) is 0 Å². The van der Waals surface area contributed by atoms with Gasteiger partial charge in [-0.25, -0.2) is 0 Å². The van der Waals surface area contributed by atoms with Gasteiger partial charge in [0.2, 0.25) is 0 Å². The molecule has 3 saturated carbocycles. The number of fused-ring (bicyclic) bond motifs is 2. The number of rotatable bonds is 4. The fourth-order valence-electron chi connectivity index (χ4n) is 5.07. The van der Waals surface area contributed by atoms with Crippen LogP contribution >= 0.6 is 0 Å². The Hall–Kier alpha value is -0.0400. The molecule has 5 unspecified atom stereocenters. The van der Waals surface area contributed by atoms with Crippen LogP contribution in [0, 0.1) is 23.7 Å². The van der Waals surface area contributed by atoms with Gasteiger partial charge in [-0.2, -0.15) is 0 Å². The monoisotopic (exact) mass is 249 g/mol. The van der Waals surface area contributed by atoms with Crippen molar-refractivity contribution >= 4 is 0 Å². The fraction of sp³-hybridized carbons (Fsp3) is 1.00. The van der Waals surface area contributed by atoms with Gasteiger partial charge in [0.15, 0.2) is 0 Å². The summed E-state index contributed by atoms with van der Waals surface area (Å²) in [6.07, 6.45) is 13.4. The van der Waals surface area contributed by atoms with E-state index in [2.05, 4.69) is 19.2 Å². The Balaban J connectivity index is 1.47. The Morgan fingerprint density at radius 2 is 1.89 bits per heavy atom. The van der Waals surface area contributed by atoms with Crippen LogP contribution < -0.4 is 5.32 Å². The highest BCUT2D eigenvalue weighted by molar-refractivity contribution is 4.96. The molecule has 104 valence electrons. The van der Waals surface area contributed by atoms with E-state index in [0.717, 1.165) is 35.8 Å². The van der Waals surface area contributed by atoms with Crippen LogP contribution in [0.1, 0.15) is 71.6 Å². The van der Waals surface area contributed by atoms with Crippen molar-refractivity contribution in [2.24, 2.45) is 23.7 Å². The van der Waals surface area contributed by atoms with E-state index in [4.69, 9.17) is 0 Å². The van der Waals surface area contributed by atoms with Crippen molar-refractivity contribution in [2.45, 2.75) is 83.7 Å². The lowest BCUT2D eigenvalue weighted by Crippen LogP contribution is -2.43. The van der Waals surface area contributed by atoms with E-state index in [9.17, 15) is 0 Å².